The van der Waals surface area contributed by atoms with Crippen LogP contribution in [0.5, 0.6) is 0 Å². The molecule has 6 heteroatoms. The van der Waals surface area contributed by atoms with E-state index in [9.17, 15) is 0 Å². The molecular formula is C38H26N6. The van der Waals surface area contributed by atoms with E-state index in [-0.39, 0.29) is 0 Å². The van der Waals surface area contributed by atoms with Crippen molar-refractivity contribution in [1.29, 1.82) is 0 Å². The minimum Gasteiger partial charge on any atom is -0.255 e. The highest BCUT2D eigenvalue weighted by atomic mass is 14.8. The largest absolute Gasteiger partial charge is 0.255 e. The number of aryl methyl sites for hydroxylation is 2. The van der Waals surface area contributed by atoms with Gasteiger partial charge in [0.2, 0.25) is 0 Å². The average Bonchev–Trinajstić information content (AvgIpc) is 3.09. The van der Waals surface area contributed by atoms with Crippen LogP contribution in [0.2, 0.25) is 0 Å². The van der Waals surface area contributed by atoms with Gasteiger partial charge in [0.15, 0.2) is 0 Å². The van der Waals surface area contributed by atoms with Gasteiger partial charge in [-0.2, -0.15) is 0 Å². The molecule has 0 N–H and O–H groups in total. The minimum absolute atomic E-state index is 0.854. The second kappa shape index (κ2) is 10.4. The summed E-state index contributed by atoms with van der Waals surface area (Å²) in [5, 5.41) is 7.43. The van der Waals surface area contributed by atoms with Crippen LogP contribution >= 0.6 is 0 Å². The third kappa shape index (κ3) is 4.44. The molecule has 6 nitrogen and oxygen atoms in total. The quantitative estimate of drug-likeness (QED) is 0.198. The Hall–Kier alpha value is -5.88. The normalized spacial score (nSPS) is 11.4. The number of hydrogen-bond donors (Lipinski definition) is 0. The molecule has 0 bridgehead atoms. The lowest BCUT2D eigenvalue weighted by atomic mass is 9.89. The Kier molecular flexibility index (Phi) is 6.12. The molecule has 8 aromatic rings. The summed E-state index contributed by atoms with van der Waals surface area (Å²) in [5.41, 5.74) is 10.5. The fourth-order valence-corrected chi connectivity index (χ4v) is 5.96. The first-order valence-electron chi connectivity index (χ1n) is 14.5. The van der Waals surface area contributed by atoms with Crippen molar-refractivity contribution in [2.24, 2.45) is 0 Å². The molecule has 4 aromatic heterocycles. The van der Waals surface area contributed by atoms with E-state index in [2.05, 4.69) is 94.4 Å². The minimum atomic E-state index is 0.854. The molecule has 0 unspecified atom stereocenters. The zero-order valence-corrected chi connectivity index (χ0v) is 24.2. The maximum atomic E-state index is 4.71. The van der Waals surface area contributed by atoms with E-state index in [0.717, 1.165) is 44.8 Å². The molecule has 0 saturated carbocycles. The summed E-state index contributed by atoms with van der Waals surface area (Å²) in [4.78, 5) is 25.9. The van der Waals surface area contributed by atoms with Crippen molar-refractivity contribution in [3.05, 3.63) is 134 Å². The van der Waals surface area contributed by atoms with E-state index in [1.165, 1.54) is 56.1 Å². The smallest absolute Gasteiger partial charge is 0.115 e. The predicted octanol–water partition coefficient (Wildman–Crippen LogP) is 8.80. The highest BCUT2D eigenvalue weighted by Crippen LogP contribution is 2.40. The molecule has 0 spiro atoms. The van der Waals surface area contributed by atoms with Gasteiger partial charge in [-0.25, -0.2) is 19.9 Å². The summed E-state index contributed by atoms with van der Waals surface area (Å²) in [6.45, 7) is 4.37. The molecule has 0 saturated heterocycles. The van der Waals surface area contributed by atoms with E-state index >= 15 is 0 Å². The van der Waals surface area contributed by atoms with Crippen LogP contribution < -0.4 is 0 Å². The topological polar surface area (TPSA) is 77.3 Å². The molecule has 8 rings (SSSR count). The molecule has 208 valence electrons. The Balaban J connectivity index is 1.26. The van der Waals surface area contributed by atoms with Gasteiger partial charge >= 0.3 is 0 Å². The Labute approximate surface area is 254 Å². The fourth-order valence-electron chi connectivity index (χ4n) is 5.96. The molecule has 0 aliphatic carbocycles. The van der Waals surface area contributed by atoms with Crippen molar-refractivity contribution >= 4 is 32.3 Å². The van der Waals surface area contributed by atoms with Gasteiger partial charge in [-0.3, -0.25) is 9.97 Å². The lowest BCUT2D eigenvalue weighted by Crippen LogP contribution is -1.90. The molecule has 0 aliphatic heterocycles. The van der Waals surface area contributed by atoms with Gasteiger partial charge in [-0.15, -0.1) is 0 Å². The summed E-state index contributed by atoms with van der Waals surface area (Å²) in [5.74, 6) is 0. The molecular weight excluding hydrogens is 540 g/mol. The number of pyridine rings is 2. The van der Waals surface area contributed by atoms with E-state index < -0.39 is 0 Å². The van der Waals surface area contributed by atoms with Gasteiger partial charge in [0, 0.05) is 59.4 Å². The van der Waals surface area contributed by atoms with Gasteiger partial charge in [0.05, 0.1) is 11.4 Å². The maximum Gasteiger partial charge on any atom is 0.115 e. The maximum absolute atomic E-state index is 4.71. The SMILES string of the molecule is Cc1cc2c3cc(-c4ccc(-c5cncnc5)nc4)ccc3c3ccc(-c4ccc(-c5cncnc5)nc4)cc3c2cc1C. The van der Waals surface area contributed by atoms with Gasteiger partial charge in [0.25, 0.3) is 0 Å². The van der Waals surface area contributed by atoms with Crippen LogP contribution in [0.4, 0.5) is 0 Å². The van der Waals surface area contributed by atoms with Crippen molar-refractivity contribution < 1.29 is 0 Å². The van der Waals surface area contributed by atoms with E-state index in [1.807, 2.05) is 24.5 Å². The fraction of sp³-hybridized carbons (Fsp3) is 0.0526. The second-order valence-electron chi connectivity index (χ2n) is 11.1. The molecule has 0 amide bonds. The van der Waals surface area contributed by atoms with Gasteiger partial charge < -0.3 is 0 Å². The standard InChI is InChI=1S/C38H26N6/c1-23-11-33-34(12-24(23)2)36-14-26(28-6-10-38(44-20-28)30-17-41-22-42-18-30)4-8-32(36)31-7-3-25(13-35(31)33)27-5-9-37(43-19-27)29-15-39-21-40-16-29/h3-22H,1-2H3. The van der Waals surface area contributed by atoms with Crippen LogP contribution in [0.15, 0.2) is 123 Å². The number of benzene rings is 4. The van der Waals surface area contributed by atoms with Crippen LogP contribution in [0.3, 0.4) is 0 Å². The van der Waals surface area contributed by atoms with Gasteiger partial charge in [0.1, 0.15) is 12.7 Å². The van der Waals surface area contributed by atoms with E-state index in [1.54, 1.807) is 24.8 Å². The first-order chi connectivity index (χ1) is 21.6. The van der Waals surface area contributed by atoms with Crippen molar-refractivity contribution in [2.75, 3.05) is 0 Å². The van der Waals surface area contributed by atoms with Crippen molar-refractivity contribution in [3.63, 3.8) is 0 Å². The highest BCUT2D eigenvalue weighted by molar-refractivity contribution is 6.26. The number of rotatable bonds is 4. The zero-order chi connectivity index (χ0) is 29.6. The Morgan fingerprint density at radius 2 is 0.727 bits per heavy atom. The van der Waals surface area contributed by atoms with E-state index in [0.29, 0.717) is 0 Å². The monoisotopic (exact) mass is 566 g/mol. The number of hydrogen-bond acceptors (Lipinski definition) is 6. The lowest BCUT2D eigenvalue weighted by molar-refractivity contribution is 1.16. The summed E-state index contributed by atoms with van der Waals surface area (Å²) in [7, 11) is 0. The van der Waals surface area contributed by atoms with E-state index in [4.69, 9.17) is 9.97 Å². The summed E-state index contributed by atoms with van der Waals surface area (Å²) < 4.78 is 0. The number of aromatic nitrogens is 6. The third-order valence-corrected chi connectivity index (χ3v) is 8.45. The number of fused-ring (bicyclic) bond motifs is 6. The number of nitrogens with zero attached hydrogens (tertiary/aromatic N) is 6. The first kappa shape index (κ1) is 25.8. The Bertz CT molecular complexity index is 2150. The lowest BCUT2D eigenvalue weighted by Gasteiger charge is -2.15. The Morgan fingerprint density at radius 1 is 0.341 bits per heavy atom. The molecule has 4 heterocycles. The average molecular weight is 567 g/mol. The first-order valence-corrected chi connectivity index (χ1v) is 14.5. The molecule has 0 radical (unpaired) electrons. The molecule has 44 heavy (non-hydrogen) atoms. The van der Waals surface area contributed by atoms with Crippen molar-refractivity contribution in [2.45, 2.75) is 13.8 Å². The predicted molar refractivity (Wildman–Crippen MR) is 177 cm³/mol. The van der Waals surface area contributed by atoms with Crippen LogP contribution in [0.25, 0.3) is 77.1 Å². The van der Waals surface area contributed by atoms with Crippen molar-refractivity contribution in [3.8, 4) is 44.8 Å². The second-order valence-corrected chi connectivity index (χ2v) is 11.1. The Morgan fingerprint density at radius 3 is 1.11 bits per heavy atom. The summed E-state index contributed by atoms with van der Waals surface area (Å²) in [6, 6.07) is 26.4. The molecule has 0 atom stereocenters. The van der Waals surface area contributed by atoms with Gasteiger partial charge in [-0.1, -0.05) is 48.5 Å². The zero-order valence-electron chi connectivity index (χ0n) is 24.2. The van der Waals surface area contributed by atoms with Crippen LogP contribution in [-0.4, -0.2) is 29.9 Å². The summed E-state index contributed by atoms with van der Waals surface area (Å²) in [6.07, 6.45) is 14.0. The van der Waals surface area contributed by atoms with Gasteiger partial charge in [-0.05, 0) is 92.7 Å². The highest BCUT2D eigenvalue weighted by Gasteiger charge is 2.13. The van der Waals surface area contributed by atoms with Crippen LogP contribution in [0.1, 0.15) is 11.1 Å². The van der Waals surface area contributed by atoms with Crippen molar-refractivity contribution in [1.82, 2.24) is 29.9 Å². The molecule has 0 fully saturated rings. The van der Waals surface area contributed by atoms with Crippen LogP contribution in [-0.2, 0) is 0 Å². The molecule has 0 aliphatic rings. The van der Waals surface area contributed by atoms with Crippen LogP contribution in [0, 0.1) is 13.8 Å². The summed E-state index contributed by atoms with van der Waals surface area (Å²) >= 11 is 0. The third-order valence-electron chi connectivity index (χ3n) is 8.45. The molecule has 4 aromatic carbocycles.